The molecular formula is C31H33F6N3O2. The molecule has 0 atom stereocenters. The van der Waals surface area contributed by atoms with E-state index in [-0.39, 0.29) is 12.0 Å². The van der Waals surface area contributed by atoms with Crippen molar-refractivity contribution in [2.45, 2.75) is 57.2 Å². The van der Waals surface area contributed by atoms with Crippen LogP contribution in [0.2, 0.25) is 0 Å². The molecule has 0 bridgehead atoms. The van der Waals surface area contributed by atoms with Gasteiger partial charge in [-0.25, -0.2) is 4.79 Å². The number of carbonyl (C=O) groups is 1. The second kappa shape index (κ2) is 12.3. The van der Waals surface area contributed by atoms with Crippen molar-refractivity contribution in [3.8, 4) is 0 Å². The van der Waals surface area contributed by atoms with Crippen LogP contribution in [0.5, 0.6) is 0 Å². The number of nitrogens with one attached hydrogen (secondary N) is 1. The molecule has 1 fully saturated rings. The number of amides is 1. The van der Waals surface area contributed by atoms with E-state index in [1.165, 1.54) is 24.3 Å². The van der Waals surface area contributed by atoms with Gasteiger partial charge in [-0.15, -0.1) is 0 Å². The second-order valence-corrected chi connectivity index (χ2v) is 10.8. The smallest absolute Gasteiger partial charge is 0.416 e. The fourth-order valence-corrected chi connectivity index (χ4v) is 5.37. The third kappa shape index (κ3) is 7.43. The Balaban J connectivity index is 1.50. The highest BCUT2D eigenvalue weighted by Gasteiger charge is 2.41. The van der Waals surface area contributed by atoms with Crippen LogP contribution in [0, 0.1) is 5.92 Å². The maximum Gasteiger partial charge on any atom is 0.416 e. The van der Waals surface area contributed by atoms with E-state index in [2.05, 4.69) is 10.2 Å². The van der Waals surface area contributed by atoms with Gasteiger partial charge in [0, 0.05) is 12.2 Å². The maximum atomic E-state index is 13.2. The van der Waals surface area contributed by atoms with Crippen LogP contribution in [0.4, 0.5) is 36.8 Å². The molecule has 0 unspecified atom stereocenters. The van der Waals surface area contributed by atoms with Crippen LogP contribution in [-0.2, 0) is 29.2 Å². The normalized spacial score (nSPS) is 15.6. The quantitative estimate of drug-likeness (QED) is 0.275. The molecule has 3 aromatic rings. The lowest BCUT2D eigenvalue weighted by molar-refractivity contribution is -0.138. The van der Waals surface area contributed by atoms with Crippen molar-refractivity contribution in [2.75, 3.05) is 18.4 Å². The molecule has 1 heterocycles. The highest BCUT2D eigenvalue weighted by atomic mass is 19.4. The van der Waals surface area contributed by atoms with Gasteiger partial charge in [0.15, 0.2) is 0 Å². The van der Waals surface area contributed by atoms with Crippen LogP contribution < -0.4 is 11.1 Å². The van der Waals surface area contributed by atoms with E-state index in [9.17, 15) is 31.1 Å². The van der Waals surface area contributed by atoms with Gasteiger partial charge in [0.2, 0.25) is 0 Å². The van der Waals surface area contributed by atoms with Crippen molar-refractivity contribution >= 4 is 11.8 Å². The van der Waals surface area contributed by atoms with Gasteiger partial charge in [0.25, 0.3) is 0 Å². The molecule has 1 aliphatic rings. The number of rotatable bonds is 7. The van der Waals surface area contributed by atoms with Gasteiger partial charge in [-0.3, -0.25) is 10.2 Å². The number of hydrogen-bond acceptors (Lipinski definition) is 4. The minimum absolute atomic E-state index is 0.235. The number of likely N-dealkylation sites (tertiary alicyclic amines) is 1. The van der Waals surface area contributed by atoms with Crippen molar-refractivity contribution < 1.29 is 35.9 Å². The third-order valence-electron chi connectivity index (χ3n) is 7.56. The molecule has 1 amide bonds. The molecule has 0 saturated carbocycles. The zero-order valence-electron chi connectivity index (χ0n) is 23.2. The van der Waals surface area contributed by atoms with Crippen LogP contribution in [0.3, 0.4) is 0 Å². The van der Waals surface area contributed by atoms with E-state index in [1.54, 1.807) is 26.0 Å². The predicted molar refractivity (Wildman–Crippen MR) is 148 cm³/mol. The number of carbonyl (C=O) groups excluding carboxylic acids is 1. The van der Waals surface area contributed by atoms with Crippen LogP contribution >= 0.6 is 0 Å². The summed E-state index contributed by atoms with van der Waals surface area (Å²) in [5.41, 5.74) is 6.48. The maximum absolute atomic E-state index is 13.2. The van der Waals surface area contributed by atoms with Gasteiger partial charge in [-0.05, 0) is 98.8 Å². The summed E-state index contributed by atoms with van der Waals surface area (Å²) < 4.78 is 84.4. The average molecular weight is 594 g/mol. The van der Waals surface area contributed by atoms with E-state index in [4.69, 9.17) is 10.5 Å². The van der Waals surface area contributed by atoms with Crippen LogP contribution in [-0.4, -0.2) is 30.2 Å². The number of hydrogen-bond donors (Lipinski definition) is 2. The molecule has 42 heavy (non-hydrogen) atoms. The Hall–Kier alpha value is -3.57. The molecule has 0 radical (unpaired) electrons. The molecule has 4 rings (SSSR count). The van der Waals surface area contributed by atoms with Gasteiger partial charge < -0.3 is 10.5 Å². The number of piperidine rings is 1. The number of nitrogens with zero attached hydrogens (tertiary/aromatic N) is 1. The number of benzene rings is 3. The lowest BCUT2D eigenvalue weighted by atomic mass is 9.69. The average Bonchev–Trinajstić information content (AvgIpc) is 2.93. The van der Waals surface area contributed by atoms with Gasteiger partial charge in [0.1, 0.15) is 0 Å². The molecule has 0 aromatic heterocycles. The number of ether oxygens (including phenoxy) is 1. The Morgan fingerprint density at radius 1 is 0.810 bits per heavy atom. The van der Waals surface area contributed by atoms with Crippen LogP contribution in [0.25, 0.3) is 0 Å². The van der Waals surface area contributed by atoms with E-state index < -0.39 is 35.1 Å². The molecule has 1 saturated heterocycles. The minimum atomic E-state index is -4.53. The summed E-state index contributed by atoms with van der Waals surface area (Å²) in [7, 11) is 0. The Labute approximate surface area is 240 Å². The molecule has 3 N–H and O–H groups in total. The number of halogens is 6. The lowest BCUT2D eigenvalue weighted by Gasteiger charge is -2.43. The Morgan fingerprint density at radius 2 is 1.24 bits per heavy atom. The number of anilines is 1. The Bertz CT molecular complexity index is 1270. The SMILES string of the molecule is CC(C)OC(=O)Nc1ccc(CN2CCC(C(N)(c3ccc(C(F)(F)F)cc3)c3ccc(C(F)(F)F)cc3)CC2)cc1. The van der Waals surface area contributed by atoms with Crippen molar-refractivity contribution in [3.63, 3.8) is 0 Å². The van der Waals surface area contributed by atoms with Crippen molar-refractivity contribution in [1.82, 2.24) is 4.90 Å². The van der Waals surface area contributed by atoms with Gasteiger partial charge in [-0.1, -0.05) is 36.4 Å². The first kappa shape index (κ1) is 31.4. The summed E-state index contributed by atoms with van der Waals surface area (Å²) in [6, 6.07) is 16.5. The Morgan fingerprint density at radius 3 is 1.64 bits per heavy atom. The predicted octanol–water partition coefficient (Wildman–Crippen LogP) is 7.80. The zero-order chi connectivity index (χ0) is 30.7. The van der Waals surface area contributed by atoms with E-state index in [1.807, 2.05) is 12.1 Å². The number of nitrogens with two attached hydrogens (primary N) is 1. The first-order valence-corrected chi connectivity index (χ1v) is 13.6. The van der Waals surface area contributed by atoms with Crippen molar-refractivity contribution in [3.05, 3.63) is 101 Å². The fourth-order valence-electron chi connectivity index (χ4n) is 5.37. The topological polar surface area (TPSA) is 67.6 Å². The molecule has 11 heteroatoms. The minimum Gasteiger partial charge on any atom is -0.447 e. The third-order valence-corrected chi connectivity index (χ3v) is 7.56. The Kier molecular flexibility index (Phi) is 9.22. The second-order valence-electron chi connectivity index (χ2n) is 10.8. The molecule has 0 aliphatic carbocycles. The van der Waals surface area contributed by atoms with Gasteiger partial charge in [0.05, 0.1) is 22.8 Å². The lowest BCUT2D eigenvalue weighted by Crippen LogP contribution is -2.49. The standard InChI is InChI=1S/C31H33F6N3O2/c1-20(2)42-28(41)39-27-13-3-21(4-14-27)19-40-17-15-24(16-18-40)29(38,22-5-9-25(10-6-22)30(32,33)34)23-7-11-26(12-8-23)31(35,36)37/h3-14,20,24H,15-19,38H2,1-2H3,(H,39,41). The molecule has 3 aromatic carbocycles. The largest absolute Gasteiger partial charge is 0.447 e. The molecule has 5 nitrogen and oxygen atoms in total. The summed E-state index contributed by atoms with van der Waals surface area (Å²) in [5, 5.41) is 2.67. The van der Waals surface area contributed by atoms with Crippen LogP contribution in [0.1, 0.15) is 54.5 Å². The van der Waals surface area contributed by atoms with Gasteiger partial charge in [-0.2, -0.15) is 26.3 Å². The van der Waals surface area contributed by atoms with E-state index >= 15 is 0 Å². The summed E-state index contributed by atoms with van der Waals surface area (Å²) in [5.74, 6) is -0.235. The highest BCUT2D eigenvalue weighted by molar-refractivity contribution is 5.84. The molecule has 226 valence electrons. The zero-order valence-corrected chi connectivity index (χ0v) is 23.2. The molecular weight excluding hydrogens is 560 g/mol. The highest BCUT2D eigenvalue weighted by Crippen LogP contribution is 2.42. The summed E-state index contributed by atoms with van der Waals surface area (Å²) >= 11 is 0. The van der Waals surface area contributed by atoms with Gasteiger partial charge >= 0.3 is 18.4 Å². The summed E-state index contributed by atoms with van der Waals surface area (Å²) in [6.45, 7) is 5.40. The van der Waals surface area contributed by atoms with Crippen LogP contribution in [0.15, 0.2) is 72.8 Å². The van der Waals surface area contributed by atoms with E-state index in [0.717, 1.165) is 29.8 Å². The van der Waals surface area contributed by atoms with Crippen molar-refractivity contribution in [2.24, 2.45) is 11.7 Å². The monoisotopic (exact) mass is 593 g/mol. The number of alkyl halides is 6. The fraction of sp³-hybridized carbons (Fsp3) is 0.387. The molecule has 0 spiro atoms. The van der Waals surface area contributed by atoms with Crippen molar-refractivity contribution in [1.29, 1.82) is 0 Å². The molecule has 1 aliphatic heterocycles. The summed E-state index contributed by atoms with van der Waals surface area (Å²) in [4.78, 5) is 14.0. The first-order chi connectivity index (χ1) is 19.7. The van der Waals surface area contributed by atoms with E-state index in [0.29, 0.717) is 49.3 Å². The summed E-state index contributed by atoms with van der Waals surface area (Å²) in [6.07, 6.45) is -8.66. The first-order valence-electron chi connectivity index (χ1n) is 13.6.